The molecule has 1 amide bonds. The molecule has 2 aromatic carbocycles. The van der Waals surface area contributed by atoms with E-state index >= 15 is 0 Å². The van der Waals surface area contributed by atoms with Gasteiger partial charge in [0.05, 0.1) is 12.1 Å². The van der Waals surface area contributed by atoms with E-state index in [1.807, 2.05) is 60.7 Å². The van der Waals surface area contributed by atoms with Crippen molar-refractivity contribution in [2.75, 3.05) is 6.54 Å². The number of carbonyl (C=O) groups is 1. The molecule has 128 valence electrons. The van der Waals surface area contributed by atoms with Crippen LogP contribution in [-0.4, -0.2) is 29.7 Å². The third-order valence-electron chi connectivity index (χ3n) is 4.05. The van der Waals surface area contributed by atoms with E-state index in [1.54, 1.807) is 6.92 Å². The normalized spacial score (nSPS) is 14.6. The average molecular weight is 326 g/mol. The summed E-state index contributed by atoms with van der Waals surface area (Å²) in [6, 6.07) is 19.1. The van der Waals surface area contributed by atoms with Crippen LogP contribution in [0.5, 0.6) is 0 Å². The zero-order valence-electron chi connectivity index (χ0n) is 14.1. The smallest absolute Gasteiger partial charge is 0.237 e. The average Bonchev–Trinajstić information content (AvgIpc) is 2.59. The molecular formula is C20H26N2O2. The topological polar surface area (TPSA) is 75.3 Å². The van der Waals surface area contributed by atoms with Gasteiger partial charge in [-0.2, -0.15) is 0 Å². The Kier molecular flexibility index (Phi) is 6.97. The molecule has 4 heteroatoms. The van der Waals surface area contributed by atoms with Crippen LogP contribution in [0.2, 0.25) is 0 Å². The lowest BCUT2D eigenvalue weighted by atomic mass is 9.93. The maximum absolute atomic E-state index is 12.3. The molecule has 0 fully saturated rings. The SMILES string of the molecule is CC(O)CC(CNC(=O)[C@@H](N)Cc1ccccc1)c1ccccc1. The number of nitrogens with one attached hydrogen (secondary N) is 1. The van der Waals surface area contributed by atoms with Crippen LogP contribution in [0.1, 0.15) is 30.4 Å². The van der Waals surface area contributed by atoms with Gasteiger partial charge in [0.15, 0.2) is 0 Å². The summed E-state index contributed by atoms with van der Waals surface area (Å²) in [6.07, 6.45) is 0.683. The number of hydrogen-bond donors (Lipinski definition) is 3. The monoisotopic (exact) mass is 326 g/mol. The number of amides is 1. The molecule has 0 aliphatic heterocycles. The Bertz CT molecular complexity index is 614. The number of hydrogen-bond acceptors (Lipinski definition) is 3. The zero-order valence-corrected chi connectivity index (χ0v) is 14.1. The van der Waals surface area contributed by atoms with Crippen molar-refractivity contribution in [3.8, 4) is 0 Å². The third-order valence-corrected chi connectivity index (χ3v) is 4.05. The summed E-state index contributed by atoms with van der Waals surface area (Å²) in [7, 11) is 0. The molecule has 4 N–H and O–H groups in total. The van der Waals surface area contributed by atoms with E-state index in [0.717, 1.165) is 11.1 Å². The summed E-state index contributed by atoms with van der Waals surface area (Å²) in [6.45, 7) is 2.23. The van der Waals surface area contributed by atoms with Crippen molar-refractivity contribution in [1.29, 1.82) is 0 Å². The van der Waals surface area contributed by atoms with E-state index in [1.165, 1.54) is 0 Å². The van der Waals surface area contributed by atoms with Gasteiger partial charge in [-0.1, -0.05) is 60.7 Å². The Morgan fingerprint density at radius 2 is 1.67 bits per heavy atom. The van der Waals surface area contributed by atoms with Crippen LogP contribution >= 0.6 is 0 Å². The van der Waals surface area contributed by atoms with Gasteiger partial charge in [-0.15, -0.1) is 0 Å². The molecule has 24 heavy (non-hydrogen) atoms. The van der Waals surface area contributed by atoms with Crippen molar-refractivity contribution in [3.05, 3.63) is 71.8 Å². The van der Waals surface area contributed by atoms with Crippen molar-refractivity contribution in [2.45, 2.75) is 37.8 Å². The van der Waals surface area contributed by atoms with Gasteiger partial charge in [-0.05, 0) is 30.9 Å². The number of carbonyl (C=O) groups excluding carboxylic acids is 1. The van der Waals surface area contributed by atoms with Crippen LogP contribution in [0.25, 0.3) is 0 Å². The minimum Gasteiger partial charge on any atom is -0.393 e. The Morgan fingerprint density at radius 3 is 2.25 bits per heavy atom. The van der Waals surface area contributed by atoms with Gasteiger partial charge in [-0.25, -0.2) is 0 Å². The van der Waals surface area contributed by atoms with E-state index in [4.69, 9.17) is 5.73 Å². The van der Waals surface area contributed by atoms with E-state index in [2.05, 4.69) is 5.32 Å². The van der Waals surface area contributed by atoms with Crippen molar-refractivity contribution in [2.24, 2.45) is 5.73 Å². The molecule has 0 bridgehead atoms. The molecule has 2 rings (SSSR count). The van der Waals surface area contributed by atoms with Crippen molar-refractivity contribution < 1.29 is 9.90 Å². The summed E-state index contributed by atoms with van der Waals surface area (Å²) in [5.74, 6) is -0.0931. The summed E-state index contributed by atoms with van der Waals surface area (Å²) in [5, 5.41) is 12.6. The second kappa shape index (κ2) is 9.21. The Labute approximate surface area is 143 Å². The fourth-order valence-electron chi connectivity index (χ4n) is 2.79. The third kappa shape index (κ3) is 5.80. The Morgan fingerprint density at radius 1 is 1.08 bits per heavy atom. The highest BCUT2D eigenvalue weighted by atomic mass is 16.3. The van der Waals surface area contributed by atoms with E-state index in [-0.39, 0.29) is 11.8 Å². The lowest BCUT2D eigenvalue weighted by molar-refractivity contribution is -0.122. The second-order valence-corrected chi connectivity index (χ2v) is 6.23. The first-order valence-electron chi connectivity index (χ1n) is 8.36. The number of rotatable bonds is 8. The maximum atomic E-state index is 12.3. The second-order valence-electron chi connectivity index (χ2n) is 6.23. The predicted molar refractivity (Wildman–Crippen MR) is 96.6 cm³/mol. The molecule has 0 saturated heterocycles. The maximum Gasteiger partial charge on any atom is 0.237 e. The molecule has 2 aromatic rings. The van der Waals surface area contributed by atoms with Gasteiger partial charge < -0.3 is 16.2 Å². The van der Waals surface area contributed by atoms with Crippen LogP contribution in [0.15, 0.2) is 60.7 Å². The zero-order chi connectivity index (χ0) is 17.4. The minimum atomic E-state index is -0.574. The molecule has 4 nitrogen and oxygen atoms in total. The summed E-state index contributed by atoms with van der Waals surface area (Å²) in [5.41, 5.74) is 8.17. The van der Waals surface area contributed by atoms with Crippen LogP contribution in [0.3, 0.4) is 0 Å². The molecule has 0 aliphatic carbocycles. The summed E-state index contributed by atoms with van der Waals surface area (Å²) >= 11 is 0. The quantitative estimate of drug-likeness (QED) is 0.696. The number of aliphatic hydroxyl groups is 1. The van der Waals surface area contributed by atoms with Gasteiger partial charge >= 0.3 is 0 Å². The summed E-state index contributed by atoms with van der Waals surface area (Å²) < 4.78 is 0. The van der Waals surface area contributed by atoms with E-state index < -0.39 is 12.1 Å². The van der Waals surface area contributed by atoms with Crippen molar-refractivity contribution >= 4 is 5.91 Å². The Hall–Kier alpha value is -2.17. The van der Waals surface area contributed by atoms with Crippen LogP contribution < -0.4 is 11.1 Å². The van der Waals surface area contributed by atoms with Gasteiger partial charge in [0.2, 0.25) is 5.91 Å². The van der Waals surface area contributed by atoms with Gasteiger partial charge in [0, 0.05) is 12.5 Å². The van der Waals surface area contributed by atoms with E-state index in [9.17, 15) is 9.90 Å². The van der Waals surface area contributed by atoms with Gasteiger partial charge in [0.1, 0.15) is 0 Å². The molecule has 0 aliphatic rings. The minimum absolute atomic E-state index is 0.0686. The first-order valence-corrected chi connectivity index (χ1v) is 8.36. The van der Waals surface area contributed by atoms with Gasteiger partial charge in [0.25, 0.3) is 0 Å². The van der Waals surface area contributed by atoms with Crippen molar-refractivity contribution in [3.63, 3.8) is 0 Å². The standard InChI is InChI=1S/C20H26N2O2/c1-15(23)12-18(17-10-6-3-7-11-17)14-22-20(24)19(21)13-16-8-4-2-5-9-16/h2-11,15,18-19,23H,12-14,21H2,1H3,(H,22,24)/t15?,18?,19-/m0/s1. The highest BCUT2D eigenvalue weighted by Crippen LogP contribution is 2.20. The van der Waals surface area contributed by atoms with E-state index in [0.29, 0.717) is 19.4 Å². The molecule has 0 aromatic heterocycles. The highest BCUT2D eigenvalue weighted by molar-refractivity contribution is 5.81. The lowest BCUT2D eigenvalue weighted by Gasteiger charge is -2.21. The van der Waals surface area contributed by atoms with Crippen LogP contribution in [-0.2, 0) is 11.2 Å². The molecular weight excluding hydrogens is 300 g/mol. The highest BCUT2D eigenvalue weighted by Gasteiger charge is 2.18. The lowest BCUT2D eigenvalue weighted by Crippen LogP contribution is -2.43. The first kappa shape index (κ1) is 18.2. The fraction of sp³-hybridized carbons (Fsp3) is 0.350. The first-order chi connectivity index (χ1) is 11.6. The molecule has 2 unspecified atom stereocenters. The number of benzene rings is 2. The molecule has 0 spiro atoms. The molecule has 0 heterocycles. The molecule has 0 saturated carbocycles. The molecule has 3 atom stereocenters. The van der Waals surface area contributed by atoms with Gasteiger partial charge in [-0.3, -0.25) is 4.79 Å². The van der Waals surface area contributed by atoms with Crippen molar-refractivity contribution in [1.82, 2.24) is 5.32 Å². The fourth-order valence-corrected chi connectivity index (χ4v) is 2.79. The number of aliphatic hydroxyl groups excluding tert-OH is 1. The van der Waals surface area contributed by atoms with Crippen LogP contribution in [0.4, 0.5) is 0 Å². The summed E-state index contributed by atoms with van der Waals surface area (Å²) in [4.78, 5) is 12.3. The predicted octanol–water partition coefficient (Wildman–Crippen LogP) is 2.23. The Balaban J connectivity index is 1.91. The van der Waals surface area contributed by atoms with Crippen LogP contribution in [0, 0.1) is 0 Å². The largest absolute Gasteiger partial charge is 0.393 e. The molecule has 0 radical (unpaired) electrons. The number of nitrogens with two attached hydrogens (primary N) is 1.